The molecule has 3 unspecified atom stereocenters. The summed E-state index contributed by atoms with van der Waals surface area (Å²) in [7, 11) is 2.38. The van der Waals surface area contributed by atoms with Gasteiger partial charge in [0.05, 0.1) is 0 Å². The first-order valence-electron chi connectivity index (χ1n) is 7.92. The van der Waals surface area contributed by atoms with Crippen molar-refractivity contribution in [3.05, 3.63) is 0 Å². The third-order valence-electron chi connectivity index (χ3n) is 5.29. The van der Waals surface area contributed by atoms with Gasteiger partial charge < -0.3 is 10.2 Å². The van der Waals surface area contributed by atoms with Crippen molar-refractivity contribution in [3.8, 4) is 0 Å². The van der Waals surface area contributed by atoms with Crippen LogP contribution in [-0.4, -0.2) is 37.1 Å². The summed E-state index contributed by atoms with van der Waals surface area (Å²) in [4.78, 5) is 2.73. The molecule has 0 bridgehead atoms. The van der Waals surface area contributed by atoms with Crippen LogP contribution in [-0.2, 0) is 0 Å². The van der Waals surface area contributed by atoms with Gasteiger partial charge in [-0.25, -0.2) is 0 Å². The van der Waals surface area contributed by atoms with Crippen molar-refractivity contribution >= 4 is 0 Å². The molecule has 0 aromatic carbocycles. The van der Waals surface area contributed by atoms with Crippen LogP contribution >= 0.6 is 0 Å². The van der Waals surface area contributed by atoms with Crippen LogP contribution in [0, 0.1) is 11.3 Å². The van der Waals surface area contributed by atoms with Gasteiger partial charge in [-0.2, -0.15) is 0 Å². The maximum absolute atomic E-state index is 3.53. The number of rotatable bonds is 2. The maximum Gasteiger partial charge on any atom is 0.0121 e. The lowest BCUT2D eigenvalue weighted by molar-refractivity contribution is 0.0468. The van der Waals surface area contributed by atoms with Crippen molar-refractivity contribution in [1.82, 2.24) is 10.2 Å². The lowest BCUT2D eigenvalue weighted by Gasteiger charge is -2.45. The lowest BCUT2D eigenvalue weighted by atomic mass is 9.70. The van der Waals surface area contributed by atoms with Gasteiger partial charge in [0.2, 0.25) is 0 Å². The fraction of sp³-hybridized carbons (Fsp3) is 1.00. The summed E-state index contributed by atoms with van der Waals surface area (Å²) in [5.74, 6) is 0.856. The summed E-state index contributed by atoms with van der Waals surface area (Å²) >= 11 is 0. The predicted octanol–water partition coefficient (Wildman–Crippen LogP) is 3.28. The van der Waals surface area contributed by atoms with E-state index in [-0.39, 0.29) is 0 Å². The normalized spacial score (nSPS) is 37.5. The summed E-state index contributed by atoms with van der Waals surface area (Å²) in [5, 5.41) is 3.53. The molecule has 18 heavy (non-hydrogen) atoms. The Morgan fingerprint density at radius 2 is 1.89 bits per heavy atom. The number of nitrogens with one attached hydrogen (secondary N) is 1. The van der Waals surface area contributed by atoms with Gasteiger partial charge in [0, 0.05) is 12.1 Å². The molecular formula is C16H32N2. The van der Waals surface area contributed by atoms with Gasteiger partial charge in [-0.1, -0.05) is 20.8 Å². The zero-order chi connectivity index (χ0) is 13.2. The van der Waals surface area contributed by atoms with Crippen LogP contribution in [0.3, 0.4) is 0 Å². The van der Waals surface area contributed by atoms with Gasteiger partial charge >= 0.3 is 0 Å². The molecule has 2 fully saturated rings. The Bertz CT molecular complexity index is 254. The number of hydrogen-bond donors (Lipinski definition) is 1. The van der Waals surface area contributed by atoms with Gasteiger partial charge in [-0.05, 0) is 70.0 Å². The zero-order valence-electron chi connectivity index (χ0n) is 12.8. The van der Waals surface area contributed by atoms with Gasteiger partial charge in [0.1, 0.15) is 0 Å². The second-order valence-electron chi connectivity index (χ2n) is 7.45. The number of hydrogen-bond acceptors (Lipinski definition) is 2. The molecule has 2 rings (SSSR count). The van der Waals surface area contributed by atoms with Crippen LogP contribution in [0.4, 0.5) is 0 Å². The molecule has 2 nitrogen and oxygen atoms in total. The van der Waals surface area contributed by atoms with Gasteiger partial charge in [-0.3, -0.25) is 0 Å². The minimum atomic E-state index is 0.571. The average molecular weight is 252 g/mol. The minimum absolute atomic E-state index is 0.571. The van der Waals surface area contributed by atoms with E-state index in [0.29, 0.717) is 5.41 Å². The highest BCUT2D eigenvalue weighted by Crippen LogP contribution is 2.40. The topological polar surface area (TPSA) is 15.3 Å². The van der Waals surface area contributed by atoms with Crippen LogP contribution in [0.5, 0.6) is 0 Å². The first-order valence-corrected chi connectivity index (χ1v) is 7.92. The molecule has 0 aromatic rings. The van der Waals surface area contributed by atoms with Crippen molar-refractivity contribution in [2.45, 2.75) is 71.4 Å². The molecule has 1 heterocycles. The van der Waals surface area contributed by atoms with E-state index in [1.54, 1.807) is 0 Å². The Morgan fingerprint density at radius 1 is 1.11 bits per heavy atom. The molecule has 2 aliphatic rings. The highest BCUT2D eigenvalue weighted by atomic mass is 15.2. The quantitative estimate of drug-likeness (QED) is 0.811. The molecule has 1 aliphatic heterocycles. The summed E-state index contributed by atoms with van der Waals surface area (Å²) in [6.45, 7) is 9.78. The summed E-state index contributed by atoms with van der Waals surface area (Å²) < 4.78 is 0. The van der Waals surface area contributed by atoms with Crippen LogP contribution in [0.1, 0.15) is 59.3 Å². The van der Waals surface area contributed by atoms with E-state index in [0.717, 1.165) is 18.0 Å². The fourth-order valence-corrected chi connectivity index (χ4v) is 4.22. The molecule has 0 aromatic heterocycles. The monoisotopic (exact) mass is 252 g/mol. The maximum atomic E-state index is 3.53. The fourth-order valence-electron chi connectivity index (χ4n) is 4.22. The van der Waals surface area contributed by atoms with Crippen molar-refractivity contribution in [1.29, 1.82) is 0 Å². The molecule has 0 radical (unpaired) electrons. The SMILES string of the molecule is CC1CC(C)(C)CCC1N(C)C1CCCNCC1. The summed E-state index contributed by atoms with van der Waals surface area (Å²) in [5.41, 5.74) is 0.571. The average Bonchev–Trinajstić information content (AvgIpc) is 2.55. The third kappa shape index (κ3) is 3.48. The Hall–Kier alpha value is -0.0800. The second kappa shape index (κ2) is 5.92. The van der Waals surface area contributed by atoms with E-state index in [4.69, 9.17) is 0 Å². The molecule has 1 saturated heterocycles. The molecule has 0 amide bonds. The highest BCUT2D eigenvalue weighted by Gasteiger charge is 2.36. The summed E-state index contributed by atoms with van der Waals surface area (Å²) in [6.07, 6.45) is 8.26. The van der Waals surface area contributed by atoms with E-state index in [9.17, 15) is 0 Å². The van der Waals surface area contributed by atoms with Crippen molar-refractivity contribution in [3.63, 3.8) is 0 Å². The molecule has 1 N–H and O–H groups in total. The molecule has 2 heteroatoms. The van der Waals surface area contributed by atoms with E-state index in [1.165, 1.54) is 51.6 Å². The Morgan fingerprint density at radius 3 is 2.61 bits per heavy atom. The minimum Gasteiger partial charge on any atom is -0.317 e. The van der Waals surface area contributed by atoms with Crippen LogP contribution in [0.15, 0.2) is 0 Å². The molecular weight excluding hydrogens is 220 g/mol. The van der Waals surface area contributed by atoms with E-state index >= 15 is 0 Å². The van der Waals surface area contributed by atoms with E-state index < -0.39 is 0 Å². The van der Waals surface area contributed by atoms with E-state index in [1.807, 2.05) is 0 Å². The van der Waals surface area contributed by atoms with Crippen LogP contribution in [0.2, 0.25) is 0 Å². The molecule has 0 spiro atoms. The molecule has 1 aliphatic carbocycles. The number of nitrogens with zero attached hydrogens (tertiary/aromatic N) is 1. The summed E-state index contributed by atoms with van der Waals surface area (Å²) in [6, 6.07) is 1.63. The van der Waals surface area contributed by atoms with Crippen LogP contribution in [0.25, 0.3) is 0 Å². The second-order valence-corrected chi connectivity index (χ2v) is 7.45. The zero-order valence-corrected chi connectivity index (χ0v) is 12.8. The molecule has 106 valence electrons. The first-order chi connectivity index (χ1) is 8.49. The Kier molecular flexibility index (Phi) is 4.71. The Balaban J connectivity index is 1.93. The van der Waals surface area contributed by atoms with Gasteiger partial charge in [0.25, 0.3) is 0 Å². The molecule has 3 atom stereocenters. The van der Waals surface area contributed by atoms with Gasteiger partial charge in [-0.15, -0.1) is 0 Å². The standard InChI is InChI=1S/C16H32N2/c1-13-12-16(2,3)9-7-15(13)18(4)14-6-5-10-17-11-8-14/h13-15,17H,5-12H2,1-4H3. The van der Waals surface area contributed by atoms with E-state index in [2.05, 4.69) is 38.0 Å². The van der Waals surface area contributed by atoms with Crippen molar-refractivity contribution < 1.29 is 0 Å². The third-order valence-corrected chi connectivity index (χ3v) is 5.29. The lowest BCUT2D eigenvalue weighted by Crippen LogP contribution is -2.47. The smallest absolute Gasteiger partial charge is 0.0121 e. The van der Waals surface area contributed by atoms with Crippen molar-refractivity contribution in [2.24, 2.45) is 11.3 Å². The largest absolute Gasteiger partial charge is 0.317 e. The van der Waals surface area contributed by atoms with Crippen molar-refractivity contribution in [2.75, 3.05) is 20.1 Å². The Labute approximate surface area is 114 Å². The highest BCUT2D eigenvalue weighted by molar-refractivity contribution is 4.90. The molecule has 1 saturated carbocycles. The van der Waals surface area contributed by atoms with Crippen LogP contribution < -0.4 is 5.32 Å². The van der Waals surface area contributed by atoms with Gasteiger partial charge in [0.15, 0.2) is 0 Å². The first kappa shape index (κ1) is 14.3. The predicted molar refractivity (Wildman–Crippen MR) is 78.9 cm³/mol.